The number of benzene rings is 2. The molecule has 1 unspecified atom stereocenters. The van der Waals surface area contributed by atoms with E-state index in [1.54, 1.807) is 19.4 Å². The van der Waals surface area contributed by atoms with Gasteiger partial charge in [-0.2, -0.15) is 0 Å². The van der Waals surface area contributed by atoms with Gasteiger partial charge in [0.2, 0.25) is 0 Å². The Morgan fingerprint density at radius 2 is 1.94 bits per heavy atom. The molecule has 3 heterocycles. The number of amides is 2. The number of primary amides is 1. The van der Waals surface area contributed by atoms with Crippen molar-refractivity contribution in [1.29, 1.82) is 0 Å². The highest BCUT2D eigenvalue weighted by atomic mass is 32.2. The fraction of sp³-hybridized carbons (Fsp3) is 0.308. The summed E-state index contributed by atoms with van der Waals surface area (Å²) in [5, 5.41) is 1.56. The molecule has 5 rings (SSSR count). The Morgan fingerprint density at radius 1 is 1.15 bits per heavy atom. The standard InChI is InChI=1S/C26H28N6OS/c1-31(25(27)33)22-10-9-19-4-2-13-32(17-21(19)15-22)26-30-16-23(34-26)14-18-5-7-20(8-6-18)24-28-11-3-12-29-24/h3,5-12,15,23H,2,4,13-14,16-17H2,1H3,(H2,27,33). The highest BCUT2D eigenvalue weighted by Gasteiger charge is 2.26. The average molecular weight is 473 g/mol. The van der Waals surface area contributed by atoms with Gasteiger partial charge in [0.05, 0.1) is 6.54 Å². The molecule has 0 saturated heterocycles. The van der Waals surface area contributed by atoms with Crippen molar-refractivity contribution in [2.75, 3.05) is 25.0 Å². The number of carbonyl (C=O) groups excluding carboxylic acids is 1. The average Bonchev–Trinajstić information content (AvgIpc) is 3.22. The van der Waals surface area contributed by atoms with Crippen LogP contribution in [0.3, 0.4) is 0 Å². The number of urea groups is 1. The predicted molar refractivity (Wildman–Crippen MR) is 138 cm³/mol. The van der Waals surface area contributed by atoms with Gasteiger partial charge in [-0.15, -0.1) is 0 Å². The van der Waals surface area contributed by atoms with Gasteiger partial charge in [0.15, 0.2) is 11.0 Å². The minimum Gasteiger partial charge on any atom is -0.351 e. The normalized spacial score (nSPS) is 17.6. The first-order valence-electron chi connectivity index (χ1n) is 11.5. The summed E-state index contributed by atoms with van der Waals surface area (Å²) in [4.78, 5) is 29.0. The minimum absolute atomic E-state index is 0.434. The number of anilines is 1. The summed E-state index contributed by atoms with van der Waals surface area (Å²) >= 11 is 1.88. The number of aliphatic imine (C=N–C) groups is 1. The van der Waals surface area contributed by atoms with Gasteiger partial charge < -0.3 is 10.6 Å². The van der Waals surface area contributed by atoms with Crippen LogP contribution < -0.4 is 10.6 Å². The number of aryl methyl sites for hydroxylation is 1. The number of rotatable bonds is 4. The number of amidine groups is 1. The number of hydrogen-bond donors (Lipinski definition) is 1. The zero-order valence-electron chi connectivity index (χ0n) is 19.2. The van der Waals surface area contributed by atoms with E-state index in [1.807, 2.05) is 23.9 Å². The Morgan fingerprint density at radius 3 is 2.71 bits per heavy atom. The van der Waals surface area contributed by atoms with Gasteiger partial charge in [-0.3, -0.25) is 9.89 Å². The fourth-order valence-corrected chi connectivity index (χ4v) is 5.61. The molecule has 1 aromatic heterocycles. The van der Waals surface area contributed by atoms with Gasteiger partial charge >= 0.3 is 6.03 Å². The van der Waals surface area contributed by atoms with E-state index in [0.29, 0.717) is 5.25 Å². The van der Waals surface area contributed by atoms with Crippen LogP contribution in [0.4, 0.5) is 10.5 Å². The van der Waals surface area contributed by atoms with E-state index < -0.39 is 6.03 Å². The van der Waals surface area contributed by atoms with E-state index >= 15 is 0 Å². The molecule has 2 aliphatic rings. The Bertz CT molecular complexity index is 1200. The molecule has 2 N–H and O–H groups in total. The Hall–Kier alpha value is -3.39. The van der Waals surface area contributed by atoms with Crippen molar-refractivity contribution in [3.05, 3.63) is 77.6 Å². The van der Waals surface area contributed by atoms with Crippen LogP contribution in [0.25, 0.3) is 11.4 Å². The zero-order valence-corrected chi connectivity index (χ0v) is 20.0. The number of carbonyl (C=O) groups is 1. The second-order valence-electron chi connectivity index (χ2n) is 8.71. The van der Waals surface area contributed by atoms with Crippen molar-refractivity contribution < 1.29 is 4.79 Å². The lowest BCUT2D eigenvalue weighted by molar-refractivity contribution is 0.255. The third-order valence-electron chi connectivity index (χ3n) is 6.36. The third kappa shape index (κ3) is 4.92. The number of fused-ring (bicyclic) bond motifs is 1. The van der Waals surface area contributed by atoms with Crippen molar-refractivity contribution in [2.45, 2.75) is 31.1 Å². The van der Waals surface area contributed by atoms with Crippen molar-refractivity contribution in [3.63, 3.8) is 0 Å². The first-order valence-corrected chi connectivity index (χ1v) is 12.4. The van der Waals surface area contributed by atoms with Crippen LogP contribution in [0.1, 0.15) is 23.1 Å². The summed E-state index contributed by atoms with van der Waals surface area (Å²) in [6, 6.07) is 16.1. The second-order valence-corrected chi connectivity index (χ2v) is 9.98. The van der Waals surface area contributed by atoms with E-state index in [2.05, 4.69) is 51.3 Å². The lowest BCUT2D eigenvalue weighted by Gasteiger charge is -2.23. The molecule has 7 nitrogen and oxygen atoms in total. The van der Waals surface area contributed by atoms with Crippen LogP contribution in [-0.2, 0) is 19.4 Å². The largest absolute Gasteiger partial charge is 0.351 e. The molecule has 3 aromatic rings. The molecule has 0 radical (unpaired) electrons. The Kier molecular flexibility index (Phi) is 6.49. The second kappa shape index (κ2) is 9.85. The van der Waals surface area contributed by atoms with Crippen molar-refractivity contribution >= 4 is 28.6 Å². The van der Waals surface area contributed by atoms with Crippen LogP contribution in [0, 0.1) is 0 Å². The summed E-state index contributed by atoms with van der Waals surface area (Å²) in [5.74, 6) is 0.751. The van der Waals surface area contributed by atoms with Gasteiger partial charge in [-0.1, -0.05) is 42.1 Å². The van der Waals surface area contributed by atoms with Crippen molar-refractivity contribution in [3.8, 4) is 11.4 Å². The first-order chi connectivity index (χ1) is 16.6. The van der Waals surface area contributed by atoms with Crippen LogP contribution in [0.15, 0.2) is 65.9 Å². The molecule has 0 bridgehead atoms. The van der Waals surface area contributed by atoms with E-state index in [1.165, 1.54) is 21.6 Å². The molecular weight excluding hydrogens is 444 g/mol. The quantitative estimate of drug-likeness (QED) is 0.617. The molecule has 0 fully saturated rings. The summed E-state index contributed by atoms with van der Waals surface area (Å²) < 4.78 is 0. The van der Waals surface area contributed by atoms with Crippen molar-refractivity contribution in [1.82, 2.24) is 14.9 Å². The lowest BCUT2D eigenvalue weighted by Crippen LogP contribution is -2.32. The smallest absolute Gasteiger partial charge is 0.318 e. The monoisotopic (exact) mass is 472 g/mol. The van der Waals surface area contributed by atoms with Gasteiger partial charge in [-0.25, -0.2) is 14.8 Å². The molecule has 34 heavy (non-hydrogen) atoms. The van der Waals surface area contributed by atoms with Gasteiger partial charge in [0.25, 0.3) is 0 Å². The van der Waals surface area contributed by atoms with E-state index in [0.717, 1.165) is 61.1 Å². The summed E-state index contributed by atoms with van der Waals surface area (Å²) in [6.45, 7) is 2.62. The molecule has 0 spiro atoms. The van der Waals surface area contributed by atoms with Gasteiger partial charge in [-0.05, 0) is 54.2 Å². The van der Waals surface area contributed by atoms with Crippen molar-refractivity contribution in [2.24, 2.45) is 10.7 Å². The van der Waals surface area contributed by atoms with Crippen LogP contribution in [0.5, 0.6) is 0 Å². The number of nitrogens with zero attached hydrogens (tertiary/aromatic N) is 5. The predicted octanol–water partition coefficient (Wildman–Crippen LogP) is 4.12. The number of nitrogens with two attached hydrogens (primary N) is 1. The first kappa shape index (κ1) is 22.4. The number of hydrogen-bond acceptors (Lipinski definition) is 6. The maximum Gasteiger partial charge on any atom is 0.318 e. The molecule has 174 valence electrons. The molecule has 2 aliphatic heterocycles. The minimum atomic E-state index is -0.451. The summed E-state index contributed by atoms with van der Waals surface area (Å²) in [7, 11) is 1.71. The number of aromatic nitrogens is 2. The fourth-order valence-electron chi connectivity index (χ4n) is 4.43. The molecule has 1 atom stereocenters. The number of thioether (sulfide) groups is 1. The van der Waals surface area contributed by atoms with Crippen LogP contribution >= 0.6 is 11.8 Å². The molecule has 2 aromatic carbocycles. The highest BCUT2D eigenvalue weighted by molar-refractivity contribution is 8.14. The van der Waals surface area contributed by atoms with Crippen LogP contribution in [0.2, 0.25) is 0 Å². The summed E-state index contributed by atoms with van der Waals surface area (Å²) in [5.41, 5.74) is 11.2. The van der Waals surface area contributed by atoms with Crippen LogP contribution in [-0.4, -0.2) is 51.5 Å². The van der Waals surface area contributed by atoms with E-state index in [-0.39, 0.29) is 0 Å². The topological polar surface area (TPSA) is 87.7 Å². The molecule has 8 heteroatoms. The molecular formula is C26H28N6OS. The zero-order chi connectivity index (χ0) is 23.5. The SMILES string of the molecule is CN(C(N)=O)c1ccc2c(c1)CN(C1=NCC(Cc3ccc(-c4ncccn4)cc3)S1)CCC2. The lowest BCUT2D eigenvalue weighted by atomic mass is 10.0. The highest BCUT2D eigenvalue weighted by Crippen LogP contribution is 2.31. The van der Waals surface area contributed by atoms with E-state index in [9.17, 15) is 4.79 Å². The molecule has 0 aliphatic carbocycles. The maximum atomic E-state index is 11.6. The van der Waals surface area contributed by atoms with E-state index in [4.69, 9.17) is 10.7 Å². The molecule has 0 saturated carbocycles. The molecule has 2 amide bonds. The van der Waals surface area contributed by atoms with Gasteiger partial charge in [0, 0.05) is 49.0 Å². The summed E-state index contributed by atoms with van der Waals surface area (Å²) in [6.07, 6.45) is 6.63. The Balaban J connectivity index is 1.23. The van der Waals surface area contributed by atoms with Gasteiger partial charge in [0.1, 0.15) is 0 Å². The maximum absolute atomic E-state index is 11.6. The Labute approximate surface area is 204 Å². The third-order valence-corrected chi connectivity index (χ3v) is 7.60.